The van der Waals surface area contributed by atoms with Crippen molar-refractivity contribution in [2.45, 2.75) is 32.1 Å². The minimum atomic E-state index is -0.461. The molecule has 3 heterocycles. The van der Waals surface area contributed by atoms with Crippen molar-refractivity contribution < 1.29 is 19.1 Å². The van der Waals surface area contributed by atoms with Gasteiger partial charge in [0.2, 0.25) is 0 Å². The molecule has 34 heavy (non-hydrogen) atoms. The molecule has 8 heteroatoms. The Bertz CT molecular complexity index is 1220. The van der Waals surface area contributed by atoms with E-state index < -0.39 is 5.97 Å². The molecule has 0 bridgehead atoms. The molecular weight excluding hydrogens is 450 g/mol. The third-order valence-corrected chi connectivity index (χ3v) is 7.46. The Morgan fingerprint density at radius 1 is 0.912 bits per heavy atom. The van der Waals surface area contributed by atoms with E-state index in [4.69, 9.17) is 9.72 Å². The largest absolute Gasteiger partial charge is 0.452 e. The van der Waals surface area contributed by atoms with Crippen LogP contribution in [0.25, 0.3) is 10.9 Å². The van der Waals surface area contributed by atoms with Crippen LogP contribution in [0.4, 0.5) is 0 Å². The molecule has 2 aliphatic rings. The number of rotatable bonds is 4. The predicted molar refractivity (Wildman–Crippen MR) is 130 cm³/mol. The molecule has 0 atom stereocenters. The van der Waals surface area contributed by atoms with E-state index in [1.165, 1.54) is 11.3 Å². The lowest BCUT2D eigenvalue weighted by Crippen LogP contribution is -2.51. The first-order chi connectivity index (χ1) is 16.6. The van der Waals surface area contributed by atoms with Crippen molar-refractivity contribution >= 4 is 40.0 Å². The molecule has 1 fully saturated rings. The third kappa shape index (κ3) is 4.55. The van der Waals surface area contributed by atoms with E-state index in [2.05, 4.69) is 0 Å². The Morgan fingerprint density at radius 2 is 1.68 bits per heavy atom. The van der Waals surface area contributed by atoms with Crippen molar-refractivity contribution in [3.63, 3.8) is 0 Å². The van der Waals surface area contributed by atoms with Crippen molar-refractivity contribution in [1.29, 1.82) is 0 Å². The number of hydrogen-bond acceptors (Lipinski definition) is 6. The number of benzene rings is 1. The van der Waals surface area contributed by atoms with Crippen LogP contribution in [0.2, 0.25) is 0 Å². The van der Waals surface area contributed by atoms with Crippen molar-refractivity contribution in [1.82, 2.24) is 14.8 Å². The zero-order valence-corrected chi connectivity index (χ0v) is 19.8. The van der Waals surface area contributed by atoms with Gasteiger partial charge >= 0.3 is 5.97 Å². The van der Waals surface area contributed by atoms with Crippen LogP contribution >= 0.6 is 11.3 Å². The van der Waals surface area contributed by atoms with Crippen LogP contribution in [0.3, 0.4) is 0 Å². The van der Waals surface area contributed by atoms with Gasteiger partial charge in [0, 0.05) is 37.3 Å². The second-order valence-electron chi connectivity index (χ2n) is 8.72. The highest BCUT2D eigenvalue weighted by atomic mass is 32.1. The fourth-order valence-corrected chi connectivity index (χ4v) is 5.48. The number of ether oxygens (including phenoxy) is 1. The molecule has 3 aromatic rings. The highest BCUT2D eigenvalue weighted by molar-refractivity contribution is 7.12. The lowest BCUT2D eigenvalue weighted by atomic mass is 9.97. The van der Waals surface area contributed by atoms with E-state index in [-0.39, 0.29) is 18.4 Å². The number of carbonyl (C=O) groups excluding carboxylic acids is 3. The van der Waals surface area contributed by atoms with Crippen LogP contribution < -0.4 is 0 Å². The van der Waals surface area contributed by atoms with Gasteiger partial charge in [0.05, 0.1) is 16.0 Å². The van der Waals surface area contributed by atoms with Gasteiger partial charge in [-0.1, -0.05) is 30.7 Å². The van der Waals surface area contributed by atoms with Gasteiger partial charge in [0.15, 0.2) is 6.61 Å². The molecule has 0 saturated carbocycles. The minimum absolute atomic E-state index is 0.00113. The maximum absolute atomic E-state index is 13.2. The molecule has 0 unspecified atom stereocenters. The van der Waals surface area contributed by atoms with E-state index in [1.807, 2.05) is 41.8 Å². The molecule has 1 aliphatic heterocycles. The Balaban J connectivity index is 1.25. The molecule has 0 spiro atoms. The summed E-state index contributed by atoms with van der Waals surface area (Å²) in [4.78, 5) is 47.5. The number of pyridine rings is 1. The summed E-state index contributed by atoms with van der Waals surface area (Å²) in [6.07, 6.45) is 4.84. The summed E-state index contributed by atoms with van der Waals surface area (Å²) >= 11 is 1.42. The summed E-state index contributed by atoms with van der Waals surface area (Å²) < 4.78 is 5.55. The van der Waals surface area contributed by atoms with Gasteiger partial charge in [-0.25, -0.2) is 4.79 Å². The standard InChI is InChI=1S/C26H27N3O4S/c30-23(28-12-14-29(15-13-28)25(31)22-11-6-16-34-22)17-33-26(32)24-18-7-2-1-3-9-20(18)27-21-10-5-4-8-19(21)24/h4-6,8,10-11,16H,1-3,7,9,12-15,17H2. The zero-order chi connectivity index (χ0) is 23.5. The highest BCUT2D eigenvalue weighted by Gasteiger charge is 2.27. The zero-order valence-electron chi connectivity index (χ0n) is 19.0. The van der Waals surface area contributed by atoms with Crippen LogP contribution in [0.1, 0.15) is 50.5 Å². The first kappa shape index (κ1) is 22.5. The topological polar surface area (TPSA) is 79.8 Å². The quantitative estimate of drug-likeness (QED) is 0.423. The second kappa shape index (κ2) is 9.93. The number of amides is 2. The molecule has 5 rings (SSSR count). The first-order valence-corrected chi connectivity index (χ1v) is 12.7. The van der Waals surface area contributed by atoms with Crippen molar-refractivity contribution in [3.8, 4) is 0 Å². The Morgan fingerprint density at radius 3 is 2.47 bits per heavy atom. The fourth-order valence-electron chi connectivity index (χ4n) is 4.79. The van der Waals surface area contributed by atoms with Crippen LogP contribution in [0.15, 0.2) is 41.8 Å². The second-order valence-corrected chi connectivity index (χ2v) is 9.66. The highest BCUT2D eigenvalue weighted by Crippen LogP contribution is 2.29. The molecular formula is C26H27N3O4S. The van der Waals surface area contributed by atoms with E-state index >= 15 is 0 Å². The molecule has 2 amide bonds. The SMILES string of the molecule is O=C(OCC(=O)N1CCN(C(=O)c2cccs2)CC1)c1c2c(nc3ccccc13)CCCCC2. The van der Waals surface area contributed by atoms with E-state index in [1.54, 1.807) is 9.80 Å². The maximum atomic E-state index is 13.2. The van der Waals surface area contributed by atoms with Gasteiger partial charge in [-0.2, -0.15) is 0 Å². The third-order valence-electron chi connectivity index (χ3n) is 6.60. The molecule has 0 radical (unpaired) electrons. The number of thiophene rings is 1. The van der Waals surface area contributed by atoms with Crippen LogP contribution in [-0.4, -0.2) is 65.4 Å². The Labute approximate surface area is 202 Å². The van der Waals surface area contributed by atoms with Crippen molar-refractivity contribution in [2.75, 3.05) is 32.8 Å². The van der Waals surface area contributed by atoms with Gasteiger partial charge in [0.1, 0.15) is 0 Å². The van der Waals surface area contributed by atoms with Gasteiger partial charge in [-0.05, 0) is 48.8 Å². The number of esters is 1. The average molecular weight is 478 g/mol. The number of carbonyl (C=O) groups is 3. The Hall–Kier alpha value is -3.26. The maximum Gasteiger partial charge on any atom is 0.339 e. The number of fused-ring (bicyclic) bond motifs is 2. The van der Waals surface area contributed by atoms with Crippen molar-refractivity contribution in [2.24, 2.45) is 0 Å². The van der Waals surface area contributed by atoms with E-state index in [9.17, 15) is 14.4 Å². The van der Waals surface area contributed by atoms with Crippen LogP contribution in [-0.2, 0) is 22.4 Å². The Kier molecular flexibility index (Phi) is 6.58. The normalized spacial score (nSPS) is 16.1. The number of piperazine rings is 1. The van der Waals surface area contributed by atoms with Gasteiger partial charge in [0.25, 0.3) is 11.8 Å². The predicted octanol–water partition coefficient (Wildman–Crippen LogP) is 3.71. The number of aryl methyl sites for hydroxylation is 1. The smallest absolute Gasteiger partial charge is 0.339 e. The van der Waals surface area contributed by atoms with Gasteiger partial charge in [-0.3, -0.25) is 14.6 Å². The first-order valence-electron chi connectivity index (χ1n) is 11.8. The van der Waals surface area contributed by atoms with Gasteiger partial charge in [-0.15, -0.1) is 11.3 Å². The summed E-state index contributed by atoms with van der Waals surface area (Å²) in [6.45, 7) is 1.50. The molecule has 1 saturated heterocycles. The molecule has 1 aliphatic carbocycles. The monoisotopic (exact) mass is 477 g/mol. The molecule has 7 nitrogen and oxygen atoms in total. The average Bonchev–Trinajstić information content (AvgIpc) is 3.31. The lowest BCUT2D eigenvalue weighted by Gasteiger charge is -2.34. The molecule has 1 aromatic carbocycles. The number of para-hydroxylation sites is 1. The lowest BCUT2D eigenvalue weighted by molar-refractivity contribution is -0.136. The van der Waals surface area contributed by atoms with E-state index in [0.717, 1.165) is 54.3 Å². The number of nitrogens with zero attached hydrogens (tertiary/aromatic N) is 3. The summed E-state index contributed by atoms with van der Waals surface area (Å²) in [7, 11) is 0. The summed E-state index contributed by atoms with van der Waals surface area (Å²) in [5.74, 6) is -0.698. The minimum Gasteiger partial charge on any atom is -0.452 e. The van der Waals surface area contributed by atoms with Crippen LogP contribution in [0, 0.1) is 0 Å². The number of hydrogen-bond donors (Lipinski definition) is 0. The van der Waals surface area contributed by atoms with Crippen molar-refractivity contribution in [3.05, 3.63) is 63.5 Å². The molecule has 0 N–H and O–H groups in total. The summed E-state index contributed by atoms with van der Waals surface area (Å²) in [6, 6.07) is 11.3. The molecule has 2 aromatic heterocycles. The fraction of sp³-hybridized carbons (Fsp3) is 0.385. The number of aromatic nitrogens is 1. The van der Waals surface area contributed by atoms with E-state index in [0.29, 0.717) is 36.6 Å². The summed E-state index contributed by atoms with van der Waals surface area (Å²) in [5.41, 5.74) is 3.28. The van der Waals surface area contributed by atoms with Gasteiger partial charge < -0.3 is 14.5 Å². The van der Waals surface area contributed by atoms with Crippen LogP contribution in [0.5, 0.6) is 0 Å². The summed E-state index contributed by atoms with van der Waals surface area (Å²) in [5, 5.41) is 2.66. The molecule has 176 valence electrons.